The van der Waals surface area contributed by atoms with E-state index in [1.165, 1.54) is 6.07 Å². The third-order valence-corrected chi connectivity index (χ3v) is 3.20. The first kappa shape index (κ1) is 13.7. The maximum absolute atomic E-state index is 13.5. The van der Waals surface area contributed by atoms with Crippen LogP contribution in [0.2, 0.25) is 0 Å². The molecule has 1 aromatic heterocycles. The molecule has 1 aromatic carbocycles. The van der Waals surface area contributed by atoms with Gasteiger partial charge in [0.1, 0.15) is 5.82 Å². The molecule has 1 atom stereocenters. The molecule has 0 aliphatic carbocycles. The van der Waals surface area contributed by atoms with Crippen LogP contribution in [0.3, 0.4) is 0 Å². The summed E-state index contributed by atoms with van der Waals surface area (Å²) in [5.41, 5.74) is 9.62. The molecule has 0 aliphatic heterocycles. The van der Waals surface area contributed by atoms with Gasteiger partial charge in [0, 0.05) is 24.3 Å². The van der Waals surface area contributed by atoms with Crippen molar-refractivity contribution in [3.63, 3.8) is 0 Å². The van der Waals surface area contributed by atoms with Gasteiger partial charge >= 0.3 is 0 Å². The van der Waals surface area contributed by atoms with Gasteiger partial charge in [-0.1, -0.05) is 13.0 Å². The standard InChI is InChI=1S/C15H20FN3/c1-4-7-19-9-15(11(3)18-19)14-8-12(16)5-6-13(14)10(2)17/h5-6,8-10H,4,7,17H2,1-3H3. The number of halogens is 1. The molecule has 0 saturated heterocycles. The molecule has 1 unspecified atom stereocenters. The van der Waals surface area contributed by atoms with Crippen molar-refractivity contribution in [2.45, 2.75) is 39.8 Å². The molecule has 2 aromatic rings. The Bertz CT molecular complexity index is 573. The van der Waals surface area contributed by atoms with Gasteiger partial charge in [-0.2, -0.15) is 5.10 Å². The summed E-state index contributed by atoms with van der Waals surface area (Å²) in [5.74, 6) is -0.248. The van der Waals surface area contributed by atoms with Gasteiger partial charge in [-0.25, -0.2) is 4.39 Å². The summed E-state index contributed by atoms with van der Waals surface area (Å²) in [6.45, 7) is 6.82. The fourth-order valence-corrected chi connectivity index (χ4v) is 2.28. The summed E-state index contributed by atoms with van der Waals surface area (Å²) in [4.78, 5) is 0. The Balaban J connectivity index is 2.54. The number of aryl methyl sites for hydroxylation is 2. The number of benzene rings is 1. The fraction of sp³-hybridized carbons (Fsp3) is 0.400. The first-order chi connectivity index (χ1) is 9.02. The molecule has 0 radical (unpaired) electrons. The summed E-state index contributed by atoms with van der Waals surface area (Å²) >= 11 is 0. The van der Waals surface area contributed by atoms with E-state index in [1.54, 1.807) is 12.1 Å². The van der Waals surface area contributed by atoms with E-state index in [9.17, 15) is 4.39 Å². The zero-order chi connectivity index (χ0) is 14.0. The number of hydrogen-bond acceptors (Lipinski definition) is 2. The first-order valence-corrected chi connectivity index (χ1v) is 6.62. The highest BCUT2D eigenvalue weighted by atomic mass is 19.1. The predicted molar refractivity (Wildman–Crippen MR) is 75.3 cm³/mol. The number of nitrogens with two attached hydrogens (primary N) is 1. The molecule has 19 heavy (non-hydrogen) atoms. The van der Waals surface area contributed by atoms with Crippen molar-refractivity contribution in [1.82, 2.24) is 9.78 Å². The zero-order valence-corrected chi connectivity index (χ0v) is 11.7. The van der Waals surface area contributed by atoms with E-state index in [2.05, 4.69) is 12.0 Å². The van der Waals surface area contributed by atoms with Crippen molar-refractivity contribution in [1.29, 1.82) is 0 Å². The van der Waals surface area contributed by atoms with Crippen LogP contribution in [0.1, 0.15) is 37.6 Å². The highest BCUT2D eigenvalue weighted by molar-refractivity contribution is 5.69. The van der Waals surface area contributed by atoms with Crippen molar-refractivity contribution in [3.8, 4) is 11.1 Å². The Morgan fingerprint density at radius 1 is 1.37 bits per heavy atom. The average molecular weight is 261 g/mol. The number of aromatic nitrogens is 2. The van der Waals surface area contributed by atoms with Crippen molar-refractivity contribution in [2.75, 3.05) is 0 Å². The topological polar surface area (TPSA) is 43.8 Å². The highest BCUT2D eigenvalue weighted by Gasteiger charge is 2.14. The summed E-state index contributed by atoms with van der Waals surface area (Å²) < 4.78 is 15.4. The largest absolute Gasteiger partial charge is 0.324 e. The molecule has 1 heterocycles. The maximum atomic E-state index is 13.5. The summed E-state index contributed by atoms with van der Waals surface area (Å²) in [6, 6.07) is 4.61. The second-order valence-corrected chi connectivity index (χ2v) is 4.91. The zero-order valence-electron chi connectivity index (χ0n) is 11.7. The minimum Gasteiger partial charge on any atom is -0.324 e. The minimum atomic E-state index is -0.248. The Labute approximate surface area is 113 Å². The van der Waals surface area contributed by atoms with Gasteiger partial charge in [0.15, 0.2) is 0 Å². The van der Waals surface area contributed by atoms with Crippen molar-refractivity contribution in [2.24, 2.45) is 5.73 Å². The first-order valence-electron chi connectivity index (χ1n) is 6.62. The van der Waals surface area contributed by atoms with E-state index in [4.69, 9.17) is 5.73 Å². The summed E-state index contributed by atoms with van der Waals surface area (Å²) in [6.07, 6.45) is 2.99. The molecule has 4 heteroatoms. The van der Waals surface area contributed by atoms with Crippen LogP contribution in [0.15, 0.2) is 24.4 Å². The fourth-order valence-electron chi connectivity index (χ4n) is 2.28. The molecule has 0 spiro atoms. The molecule has 0 saturated carbocycles. The van der Waals surface area contributed by atoms with Gasteiger partial charge < -0.3 is 5.73 Å². The Morgan fingerprint density at radius 2 is 2.11 bits per heavy atom. The van der Waals surface area contributed by atoms with E-state index in [0.717, 1.165) is 35.3 Å². The predicted octanol–water partition coefficient (Wildman–Crippen LogP) is 3.43. The number of nitrogens with zero attached hydrogens (tertiary/aromatic N) is 2. The SMILES string of the molecule is CCCn1cc(-c2cc(F)ccc2C(C)N)c(C)n1. The minimum absolute atomic E-state index is 0.135. The molecule has 0 fully saturated rings. The van der Waals surface area contributed by atoms with Gasteiger partial charge in [-0.3, -0.25) is 4.68 Å². The summed E-state index contributed by atoms with van der Waals surface area (Å²) in [7, 11) is 0. The lowest BCUT2D eigenvalue weighted by atomic mass is 9.96. The second kappa shape index (κ2) is 5.53. The van der Waals surface area contributed by atoms with Crippen LogP contribution in [0.25, 0.3) is 11.1 Å². The Kier molecular flexibility index (Phi) is 4.00. The van der Waals surface area contributed by atoms with Crippen LogP contribution >= 0.6 is 0 Å². The van der Waals surface area contributed by atoms with Crippen LogP contribution in [0.5, 0.6) is 0 Å². The van der Waals surface area contributed by atoms with Crippen LogP contribution < -0.4 is 5.73 Å². The molecule has 0 aliphatic rings. The van der Waals surface area contributed by atoms with E-state index >= 15 is 0 Å². The highest BCUT2D eigenvalue weighted by Crippen LogP contribution is 2.30. The van der Waals surface area contributed by atoms with Gasteiger partial charge in [0.2, 0.25) is 0 Å². The molecule has 0 amide bonds. The molecule has 2 N–H and O–H groups in total. The van der Waals surface area contributed by atoms with Gasteiger partial charge in [-0.15, -0.1) is 0 Å². The quantitative estimate of drug-likeness (QED) is 0.916. The van der Waals surface area contributed by atoms with Gasteiger partial charge in [-0.05, 0) is 43.5 Å². The van der Waals surface area contributed by atoms with Crippen LogP contribution in [-0.4, -0.2) is 9.78 Å². The van der Waals surface area contributed by atoms with Crippen LogP contribution in [0, 0.1) is 12.7 Å². The average Bonchev–Trinajstić information content (AvgIpc) is 2.70. The molecule has 3 nitrogen and oxygen atoms in total. The monoisotopic (exact) mass is 261 g/mol. The molecular weight excluding hydrogens is 241 g/mol. The van der Waals surface area contributed by atoms with Gasteiger partial charge in [0.25, 0.3) is 0 Å². The number of rotatable bonds is 4. The van der Waals surface area contributed by atoms with E-state index in [1.807, 2.05) is 24.7 Å². The van der Waals surface area contributed by atoms with E-state index in [0.29, 0.717) is 0 Å². The second-order valence-electron chi connectivity index (χ2n) is 4.91. The van der Waals surface area contributed by atoms with E-state index < -0.39 is 0 Å². The van der Waals surface area contributed by atoms with Crippen molar-refractivity contribution < 1.29 is 4.39 Å². The van der Waals surface area contributed by atoms with Crippen LogP contribution in [0.4, 0.5) is 4.39 Å². The lowest BCUT2D eigenvalue weighted by Gasteiger charge is -2.12. The van der Waals surface area contributed by atoms with E-state index in [-0.39, 0.29) is 11.9 Å². The summed E-state index contributed by atoms with van der Waals surface area (Å²) in [5, 5.41) is 4.46. The smallest absolute Gasteiger partial charge is 0.123 e. The molecular formula is C15H20FN3. The molecule has 102 valence electrons. The number of hydrogen-bond donors (Lipinski definition) is 1. The maximum Gasteiger partial charge on any atom is 0.123 e. The Morgan fingerprint density at radius 3 is 2.74 bits per heavy atom. The van der Waals surface area contributed by atoms with Crippen molar-refractivity contribution >= 4 is 0 Å². The Hall–Kier alpha value is -1.68. The van der Waals surface area contributed by atoms with Crippen molar-refractivity contribution in [3.05, 3.63) is 41.5 Å². The third kappa shape index (κ3) is 2.84. The lowest BCUT2D eigenvalue weighted by Crippen LogP contribution is -2.07. The lowest BCUT2D eigenvalue weighted by molar-refractivity contribution is 0.598. The van der Waals surface area contributed by atoms with Gasteiger partial charge in [0.05, 0.1) is 5.69 Å². The molecule has 2 rings (SSSR count). The van der Waals surface area contributed by atoms with Crippen LogP contribution in [-0.2, 0) is 6.54 Å². The third-order valence-electron chi connectivity index (χ3n) is 3.20. The normalized spacial score (nSPS) is 12.7. The molecule has 0 bridgehead atoms.